The Morgan fingerprint density at radius 1 is 1.00 bits per heavy atom. The third kappa shape index (κ3) is 4.98. The van der Waals surface area contributed by atoms with Gasteiger partial charge in [0, 0.05) is 12.3 Å². The Hall–Kier alpha value is -1.69. The van der Waals surface area contributed by atoms with E-state index in [0.29, 0.717) is 16.7 Å². The van der Waals surface area contributed by atoms with Crippen LogP contribution in [0.25, 0.3) is 0 Å². The van der Waals surface area contributed by atoms with Gasteiger partial charge in [0.2, 0.25) is 0 Å². The third-order valence-electron chi connectivity index (χ3n) is 4.31. The van der Waals surface area contributed by atoms with Gasteiger partial charge in [-0.2, -0.15) is 0 Å². The fourth-order valence-corrected chi connectivity index (χ4v) is 3.86. The van der Waals surface area contributed by atoms with E-state index in [1.165, 1.54) is 11.1 Å². The van der Waals surface area contributed by atoms with Gasteiger partial charge in [0.05, 0.1) is 10.0 Å². The third-order valence-corrected chi connectivity index (χ3v) is 6.08. The lowest BCUT2D eigenvalue weighted by atomic mass is 10.1. The zero-order chi connectivity index (χ0) is 19.4. The lowest BCUT2D eigenvalue weighted by Crippen LogP contribution is -2.07. The summed E-state index contributed by atoms with van der Waals surface area (Å²) in [5.74, 6) is 2.40. The first kappa shape index (κ1) is 20.1. The van der Waals surface area contributed by atoms with Crippen LogP contribution in [0.2, 0.25) is 10.0 Å². The zero-order valence-corrected chi connectivity index (χ0v) is 17.8. The van der Waals surface area contributed by atoms with Crippen LogP contribution < -0.4 is 4.74 Å². The fraction of sp³-hybridized carbons (Fsp3) is 0.300. The molecule has 3 rings (SSSR count). The van der Waals surface area contributed by atoms with Crippen LogP contribution in [0, 0.1) is 13.8 Å². The minimum atomic E-state index is 0.386. The van der Waals surface area contributed by atoms with E-state index in [-0.39, 0.29) is 0 Å². The molecule has 0 saturated heterocycles. The molecule has 1 heterocycles. The van der Waals surface area contributed by atoms with Crippen molar-refractivity contribution in [3.63, 3.8) is 0 Å². The SMILES string of the molecule is CCn1c(COc2ccc(C)c(C)c2)nnc1SCc1ccc(Cl)c(Cl)c1. The lowest BCUT2D eigenvalue weighted by Gasteiger charge is -2.10. The first-order chi connectivity index (χ1) is 13.0. The van der Waals surface area contributed by atoms with Crippen LogP contribution in [-0.2, 0) is 18.9 Å². The molecule has 7 heteroatoms. The van der Waals surface area contributed by atoms with Crippen molar-refractivity contribution in [1.82, 2.24) is 14.8 Å². The molecule has 0 unspecified atom stereocenters. The number of nitrogens with zero attached hydrogens (tertiary/aromatic N) is 3. The average Bonchev–Trinajstić information content (AvgIpc) is 3.05. The summed E-state index contributed by atoms with van der Waals surface area (Å²) in [7, 11) is 0. The highest BCUT2D eigenvalue weighted by Gasteiger charge is 2.13. The summed E-state index contributed by atoms with van der Waals surface area (Å²) in [4.78, 5) is 0. The quantitative estimate of drug-likeness (QED) is 0.432. The number of ether oxygens (including phenoxy) is 1. The number of halogens is 2. The van der Waals surface area contributed by atoms with Crippen molar-refractivity contribution >= 4 is 35.0 Å². The van der Waals surface area contributed by atoms with Crippen molar-refractivity contribution < 1.29 is 4.74 Å². The molecule has 27 heavy (non-hydrogen) atoms. The van der Waals surface area contributed by atoms with Crippen molar-refractivity contribution in [3.8, 4) is 5.75 Å². The summed E-state index contributed by atoms with van der Waals surface area (Å²) in [6.45, 7) is 7.41. The molecule has 0 amide bonds. The molecule has 142 valence electrons. The monoisotopic (exact) mass is 421 g/mol. The van der Waals surface area contributed by atoms with Gasteiger partial charge in [0.25, 0.3) is 0 Å². The van der Waals surface area contributed by atoms with Gasteiger partial charge in [-0.15, -0.1) is 10.2 Å². The molecular formula is C20H21Cl2N3OS. The summed E-state index contributed by atoms with van der Waals surface area (Å²) in [6, 6.07) is 11.8. The Morgan fingerprint density at radius 2 is 1.81 bits per heavy atom. The highest BCUT2D eigenvalue weighted by molar-refractivity contribution is 7.98. The minimum Gasteiger partial charge on any atom is -0.486 e. The molecule has 0 aliphatic heterocycles. The summed E-state index contributed by atoms with van der Waals surface area (Å²) >= 11 is 13.7. The second-order valence-electron chi connectivity index (χ2n) is 6.21. The Morgan fingerprint density at radius 3 is 2.52 bits per heavy atom. The smallest absolute Gasteiger partial charge is 0.191 e. The summed E-state index contributed by atoms with van der Waals surface area (Å²) in [5, 5.41) is 10.6. The maximum Gasteiger partial charge on any atom is 0.191 e. The van der Waals surface area contributed by atoms with Gasteiger partial charge in [-0.3, -0.25) is 0 Å². The first-order valence-electron chi connectivity index (χ1n) is 8.66. The van der Waals surface area contributed by atoms with Crippen molar-refractivity contribution in [3.05, 3.63) is 69.0 Å². The number of hydrogen-bond acceptors (Lipinski definition) is 4. The molecule has 0 spiro atoms. The maximum absolute atomic E-state index is 6.09. The van der Waals surface area contributed by atoms with Gasteiger partial charge in [-0.1, -0.05) is 47.1 Å². The molecule has 0 atom stereocenters. The molecule has 3 aromatic rings. The summed E-state index contributed by atoms with van der Waals surface area (Å²) < 4.78 is 7.98. The van der Waals surface area contributed by atoms with Gasteiger partial charge in [-0.25, -0.2) is 0 Å². The molecule has 2 aromatic carbocycles. The van der Waals surface area contributed by atoms with Crippen LogP contribution >= 0.6 is 35.0 Å². The van der Waals surface area contributed by atoms with Crippen molar-refractivity contribution in [2.24, 2.45) is 0 Å². The average molecular weight is 422 g/mol. The molecule has 0 fully saturated rings. The molecule has 0 N–H and O–H groups in total. The normalized spacial score (nSPS) is 11.0. The van der Waals surface area contributed by atoms with Crippen LogP contribution in [0.15, 0.2) is 41.6 Å². The lowest BCUT2D eigenvalue weighted by molar-refractivity contribution is 0.288. The Balaban J connectivity index is 1.66. The molecule has 0 bridgehead atoms. The predicted molar refractivity (Wildman–Crippen MR) is 112 cm³/mol. The number of benzene rings is 2. The van der Waals surface area contributed by atoms with Crippen LogP contribution in [0.4, 0.5) is 0 Å². The Labute approximate surface area is 173 Å². The molecule has 0 saturated carbocycles. The fourth-order valence-electron chi connectivity index (χ4n) is 2.58. The highest BCUT2D eigenvalue weighted by Crippen LogP contribution is 2.27. The van der Waals surface area contributed by atoms with Crippen LogP contribution in [0.1, 0.15) is 29.4 Å². The molecular weight excluding hydrogens is 401 g/mol. The Kier molecular flexibility index (Phi) is 6.68. The number of aromatic nitrogens is 3. The van der Waals surface area contributed by atoms with Gasteiger partial charge in [-0.05, 0) is 61.7 Å². The minimum absolute atomic E-state index is 0.386. The van der Waals surface area contributed by atoms with Crippen LogP contribution in [0.3, 0.4) is 0 Å². The molecule has 0 aliphatic carbocycles. The summed E-state index contributed by atoms with van der Waals surface area (Å²) in [6.07, 6.45) is 0. The maximum atomic E-state index is 6.09. The van der Waals surface area contributed by atoms with E-state index >= 15 is 0 Å². The number of aryl methyl sites for hydroxylation is 2. The van der Waals surface area contributed by atoms with Gasteiger partial charge in [0.1, 0.15) is 12.4 Å². The van der Waals surface area contributed by atoms with E-state index in [1.54, 1.807) is 11.8 Å². The second kappa shape index (κ2) is 9.00. The second-order valence-corrected chi connectivity index (χ2v) is 7.97. The van der Waals surface area contributed by atoms with E-state index in [4.69, 9.17) is 27.9 Å². The number of rotatable bonds is 7. The Bertz CT molecular complexity index is 870. The number of hydrogen-bond donors (Lipinski definition) is 0. The first-order valence-corrected chi connectivity index (χ1v) is 10.4. The van der Waals surface area contributed by atoms with Gasteiger partial charge >= 0.3 is 0 Å². The van der Waals surface area contributed by atoms with E-state index in [2.05, 4.69) is 41.6 Å². The van der Waals surface area contributed by atoms with Crippen LogP contribution in [0.5, 0.6) is 5.75 Å². The largest absolute Gasteiger partial charge is 0.486 e. The predicted octanol–water partition coefficient (Wildman–Crippen LogP) is 6.09. The van der Waals surface area contributed by atoms with Gasteiger partial charge in [0.15, 0.2) is 11.0 Å². The zero-order valence-electron chi connectivity index (χ0n) is 15.5. The van der Waals surface area contributed by atoms with Crippen molar-refractivity contribution in [2.45, 2.75) is 44.8 Å². The van der Waals surface area contributed by atoms with E-state index < -0.39 is 0 Å². The highest BCUT2D eigenvalue weighted by atomic mass is 35.5. The van der Waals surface area contributed by atoms with Crippen molar-refractivity contribution in [2.75, 3.05) is 0 Å². The van der Waals surface area contributed by atoms with E-state index in [0.717, 1.165) is 34.6 Å². The number of thioether (sulfide) groups is 1. The molecule has 0 aliphatic rings. The van der Waals surface area contributed by atoms with Crippen LogP contribution in [-0.4, -0.2) is 14.8 Å². The van der Waals surface area contributed by atoms with E-state index in [1.807, 2.05) is 30.3 Å². The molecule has 4 nitrogen and oxygen atoms in total. The summed E-state index contributed by atoms with van der Waals surface area (Å²) in [5.41, 5.74) is 3.55. The molecule has 0 radical (unpaired) electrons. The standard InChI is InChI=1S/C20H21Cl2N3OS/c1-4-25-19(11-26-16-7-5-13(2)14(3)9-16)23-24-20(25)27-12-15-6-8-17(21)18(22)10-15/h5-10H,4,11-12H2,1-3H3. The molecule has 1 aromatic heterocycles. The van der Waals surface area contributed by atoms with Gasteiger partial charge < -0.3 is 9.30 Å². The van der Waals surface area contributed by atoms with E-state index in [9.17, 15) is 0 Å². The van der Waals surface area contributed by atoms with Crippen molar-refractivity contribution in [1.29, 1.82) is 0 Å². The topological polar surface area (TPSA) is 39.9 Å².